The second-order valence-electron chi connectivity index (χ2n) is 7.16. The zero-order valence-electron chi connectivity index (χ0n) is 15.7. The number of nitrogens with one attached hydrogen (secondary N) is 2. The molecule has 3 amide bonds. The Hall–Kier alpha value is -1.88. The monoisotopic (exact) mass is 334 g/mol. The quantitative estimate of drug-likeness (QED) is 0.713. The second kappa shape index (κ2) is 9.42. The van der Waals surface area contributed by atoms with E-state index in [9.17, 15) is 9.59 Å². The average Bonchev–Trinajstić information content (AvgIpc) is 2.52. The maximum absolute atomic E-state index is 12.1. The standard InChI is InChI=1S/C19H31N3O2/c1-12(2)11-15-7-9-16(10-8-15)17(13(3)4)21-14(5)18(23)22-19(24)20-6/h7-10,12-14,17,21H,11H2,1-6H3,(H2,20,22,23,24)/p+1/t14-,17+/m0/s1. The van der Waals surface area contributed by atoms with E-state index in [4.69, 9.17) is 0 Å². The van der Waals surface area contributed by atoms with Crippen LogP contribution in [0.25, 0.3) is 0 Å². The number of carbonyl (C=O) groups is 2. The highest BCUT2D eigenvalue weighted by Crippen LogP contribution is 2.19. The van der Waals surface area contributed by atoms with Gasteiger partial charge in [0, 0.05) is 18.5 Å². The zero-order chi connectivity index (χ0) is 18.3. The Labute approximate surface area is 145 Å². The third kappa shape index (κ3) is 6.32. The summed E-state index contributed by atoms with van der Waals surface area (Å²) in [5, 5.41) is 6.76. The molecule has 5 nitrogen and oxygen atoms in total. The Morgan fingerprint density at radius 3 is 2.08 bits per heavy atom. The summed E-state index contributed by atoms with van der Waals surface area (Å²) in [7, 11) is 1.49. The predicted molar refractivity (Wildman–Crippen MR) is 96.5 cm³/mol. The van der Waals surface area contributed by atoms with Crippen molar-refractivity contribution in [3.8, 4) is 0 Å². The van der Waals surface area contributed by atoms with Crippen molar-refractivity contribution in [2.24, 2.45) is 11.8 Å². The Bertz CT molecular complexity index is 538. The number of hydrogen-bond acceptors (Lipinski definition) is 2. The van der Waals surface area contributed by atoms with Crippen molar-refractivity contribution < 1.29 is 14.9 Å². The van der Waals surface area contributed by atoms with Gasteiger partial charge in [0.15, 0.2) is 6.04 Å². The van der Waals surface area contributed by atoms with Gasteiger partial charge in [-0.2, -0.15) is 0 Å². The molecule has 0 aromatic heterocycles. The summed E-state index contributed by atoms with van der Waals surface area (Å²) < 4.78 is 0. The van der Waals surface area contributed by atoms with Crippen LogP contribution in [-0.4, -0.2) is 25.0 Å². The molecule has 0 radical (unpaired) electrons. The molecule has 0 aliphatic carbocycles. The molecule has 1 aromatic carbocycles. The largest absolute Gasteiger partial charge is 0.341 e. The van der Waals surface area contributed by atoms with Gasteiger partial charge in [-0.25, -0.2) is 4.79 Å². The highest BCUT2D eigenvalue weighted by atomic mass is 16.2. The lowest BCUT2D eigenvalue weighted by atomic mass is 9.93. The van der Waals surface area contributed by atoms with E-state index in [1.807, 2.05) is 12.2 Å². The summed E-state index contributed by atoms with van der Waals surface area (Å²) in [5.41, 5.74) is 2.54. The topological polar surface area (TPSA) is 74.8 Å². The molecular weight excluding hydrogens is 302 g/mol. The van der Waals surface area contributed by atoms with Crippen LogP contribution in [0.4, 0.5) is 4.79 Å². The summed E-state index contributed by atoms with van der Waals surface area (Å²) in [5.74, 6) is 0.726. The van der Waals surface area contributed by atoms with Crippen molar-refractivity contribution in [1.29, 1.82) is 0 Å². The number of quaternary nitrogens is 1. The van der Waals surface area contributed by atoms with E-state index in [-0.39, 0.29) is 18.0 Å². The first-order valence-electron chi connectivity index (χ1n) is 8.71. The van der Waals surface area contributed by atoms with Gasteiger partial charge >= 0.3 is 6.03 Å². The van der Waals surface area contributed by atoms with Gasteiger partial charge in [-0.1, -0.05) is 52.0 Å². The molecular formula is C19H32N3O2+. The van der Waals surface area contributed by atoms with E-state index < -0.39 is 6.03 Å². The Morgan fingerprint density at radius 2 is 1.62 bits per heavy atom. The summed E-state index contributed by atoms with van der Waals surface area (Å²) in [6.45, 7) is 10.5. The first-order valence-corrected chi connectivity index (χ1v) is 8.71. The van der Waals surface area contributed by atoms with Crippen LogP contribution in [0.5, 0.6) is 0 Å². The number of nitrogens with two attached hydrogens (primary N) is 1. The minimum absolute atomic E-state index is 0.170. The van der Waals surface area contributed by atoms with Gasteiger partial charge in [0.1, 0.15) is 6.04 Å². The number of imide groups is 1. The minimum Gasteiger partial charge on any atom is -0.341 e. The molecule has 2 atom stereocenters. The van der Waals surface area contributed by atoms with Gasteiger partial charge in [-0.3, -0.25) is 10.1 Å². The maximum Gasteiger partial charge on any atom is 0.321 e. The SMILES string of the molecule is CNC(=O)NC(=O)[C@H](C)[NH2+][C@@H](c1ccc(CC(C)C)cc1)C(C)C. The van der Waals surface area contributed by atoms with Gasteiger partial charge in [-0.05, 0) is 24.8 Å². The number of amides is 3. The summed E-state index contributed by atoms with van der Waals surface area (Å²) >= 11 is 0. The molecule has 0 spiro atoms. The molecule has 0 bridgehead atoms. The van der Waals surface area contributed by atoms with Crippen LogP contribution in [0.15, 0.2) is 24.3 Å². The van der Waals surface area contributed by atoms with E-state index in [1.54, 1.807) is 0 Å². The molecule has 0 saturated carbocycles. The van der Waals surface area contributed by atoms with E-state index in [1.165, 1.54) is 18.2 Å². The minimum atomic E-state index is -0.473. The molecule has 5 heteroatoms. The lowest BCUT2D eigenvalue weighted by Gasteiger charge is -2.23. The number of carbonyl (C=O) groups excluding carboxylic acids is 2. The third-order valence-corrected chi connectivity index (χ3v) is 4.10. The van der Waals surface area contributed by atoms with Crippen molar-refractivity contribution in [1.82, 2.24) is 10.6 Å². The fourth-order valence-corrected chi connectivity index (χ4v) is 2.75. The van der Waals surface area contributed by atoms with Gasteiger partial charge in [0.05, 0.1) is 0 Å². The normalized spacial score (nSPS) is 13.7. The highest BCUT2D eigenvalue weighted by Gasteiger charge is 2.26. The summed E-state index contributed by atoms with van der Waals surface area (Å²) in [4.78, 5) is 23.4. The van der Waals surface area contributed by atoms with Crippen molar-refractivity contribution >= 4 is 11.9 Å². The molecule has 0 unspecified atom stereocenters. The summed E-state index contributed by atoms with van der Waals surface area (Å²) in [6.07, 6.45) is 1.07. The Kier molecular flexibility index (Phi) is 7.92. The molecule has 4 N–H and O–H groups in total. The fraction of sp³-hybridized carbons (Fsp3) is 0.579. The molecule has 134 valence electrons. The van der Waals surface area contributed by atoms with Gasteiger partial charge < -0.3 is 10.6 Å². The van der Waals surface area contributed by atoms with E-state index in [2.05, 4.69) is 62.6 Å². The van der Waals surface area contributed by atoms with Gasteiger partial charge in [-0.15, -0.1) is 0 Å². The zero-order valence-corrected chi connectivity index (χ0v) is 15.7. The molecule has 0 fully saturated rings. The first-order chi connectivity index (χ1) is 11.2. The van der Waals surface area contributed by atoms with Crippen molar-refractivity contribution in [3.05, 3.63) is 35.4 Å². The smallest absolute Gasteiger partial charge is 0.321 e. The second-order valence-corrected chi connectivity index (χ2v) is 7.16. The van der Waals surface area contributed by atoms with Crippen molar-refractivity contribution in [2.45, 2.75) is 53.1 Å². The number of urea groups is 1. The van der Waals surface area contributed by atoms with E-state index in [0.29, 0.717) is 11.8 Å². The highest BCUT2D eigenvalue weighted by molar-refractivity contribution is 5.95. The molecule has 0 aliphatic rings. The van der Waals surface area contributed by atoms with Crippen LogP contribution in [-0.2, 0) is 11.2 Å². The van der Waals surface area contributed by atoms with Crippen molar-refractivity contribution in [3.63, 3.8) is 0 Å². The maximum atomic E-state index is 12.1. The van der Waals surface area contributed by atoms with Crippen LogP contribution in [0, 0.1) is 11.8 Å². The van der Waals surface area contributed by atoms with E-state index >= 15 is 0 Å². The number of rotatable bonds is 7. The van der Waals surface area contributed by atoms with Crippen LogP contribution < -0.4 is 16.0 Å². The number of benzene rings is 1. The van der Waals surface area contributed by atoms with Crippen LogP contribution >= 0.6 is 0 Å². The number of hydrogen-bond donors (Lipinski definition) is 3. The Balaban J connectivity index is 2.79. The van der Waals surface area contributed by atoms with Crippen LogP contribution in [0.3, 0.4) is 0 Å². The molecule has 0 saturated heterocycles. The lowest BCUT2D eigenvalue weighted by molar-refractivity contribution is -0.719. The first kappa shape index (κ1) is 20.2. The average molecular weight is 334 g/mol. The van der Waals surface area contributed by atoms with E-state index in [0.717, 1.165) is 6.42 Å². The molecule has 1 aromatic rings. The van der Waals surface area contributed by atoms with Crippen LogP contribution in [0.2, 0.25) is 0 Å². The molecule has 0 heterocycles. The molecule has 1 rings (SSSR count). The molecule has 24 heavy (non-hydrogen) atoms. The fourth-order valence-electron chi connectivity index (χ4n) is 2.75. The summed E-state index contributed by atoms with van der Waals surface area (Å²) in [6, 6.07) is 8.01. The third-order valence-electron chi connectivity index (χ3n) is 4.10. The lowest BCUT2D eigenvalue weighted by Crippen LogP contribution is -2.93. The molecule has 0 aliphatic heterocycles. The van der Waals surface area contributed by atoms with Gasteiger partial charge in [0.25, 0.3) is 5.91 Å². The van der Waals surface area contributed by atoms with Gasteiger partial charge in [0.2, 0.25) is 0 Å². The van der Waals surface area contributed by atoms with Crippen LogP contribution in [0.1, 0.15) is 51.8 Å². The van der Waals surface area contributed by atoms with Crippen molar-refractivity contribution in [2.75, 3.05) is 7.05 Å². The Morgan fingerprint density at radius 1 is 1.04 bits per heavy atom. The predicted octanol–water partition coefficient (Wildman–Crippen LogP) is 1.99.